The second kappa shape index (κ2) is 8.36. The van der Waals surface area contributed by atoms with Crippen LogP contribution in [0.25, 0.3) is 0 Å². The minimum absolute atomic E-state index is 0.0851. The van der Waals surface area contributed by atoms with E-state index in [9.17, 15) is 9.90 Å². The molecule has 1 aromatic heterocycles. The Morgan fingerprint density at radius 3 is 2.91 bits per heavy atom. The summed E-state index contributed by atoms with van der Waals surface area (Å²) in [6.45, 7) is 7.80. The fourth-order valence-electron chi connectivity index (χ4n) is 3.03. The first-order chi connectivity index (χ1) is 11.0. The fourth-order valence-corrected chi connectivity index (χ4v) is 3.03. The number of hydrogen-bond acceptors (Lipinski definition) is 4. The van der Waals surface area contributed by atoms with Crippen LogP contribution in [-0.2, 0) is 4.74 Å². The normalized spacial score (nSPS) is 21.3. The number of aliphatic hydroxyl groups is 1. The van der Waals surface area contributed by atoms with Crippen LogP contribution >= 0.6 is 0 Å². The van der Waals surface area contributed by atoms with Crippen molar-refractivity contribution in [1.29, 1.82) is 0 Å². The molecule has 0 bridgehead atoms. The van der Waals surface area contributed by atoms with Gasteiger partial charge in [0, 0.05) is 19.0 Å². The molecule has 130 valence electrons. The second-order valence-electron chi connectivity index (χ2n) is 6.67. The van der Waals surface area contributed by atoms with Crippen LogP contribution in [0.4, 0.5) is 4.79 Å². The van der Waals surface area contributed by atoms with Crippen molar-refractivity contribution in [3.05, 3.63) is 24.2 Å². The van der Waals surface area contributed by atoms with Crippen molar-refractivity contribution in [2.24, 2.45) is 5.92 Å². The number of furan rings is 1. The standard InChI is InChI=1S/C17H28N2O4/c1-12(2)9-13(3)18-17(21)19-6-8-22-11-14(19)10-15(20)16-5-4-7-23-16/h4-5,7,12-15,20H,6,8-11H2,1-3H3,(H,18,21)/t13-,14+,15-/m0/s1. The van der Waals surface area contributed by atoms with E-state index in [1.165, 1.54) is 6.26 Å². The molecule has 2 N–H and O–H groups in total. The predicted molar refractivity (Wildman–Crippen MR) is 87.0 cm³/mol. The summed E-state index contributed by atoms with van der Waals surface area (Å²) in [7, 11) is 0. The van der Waals surface area contributed by atoms with E-state index in [4.69, 9.17) is 9.15 Å². The molecule has 1 aliphatic rings. The smallest absolute Gasteiger partial charge is 0.318 e. The molecule has 0 aromatic carbocycles. The molecule has 2 rings (SSSR count). The summed E-state index contributed by atoms with van der Waals surface area (Å²) in [5.74, 6) is 1.05. The Morgan fingerprint density at radius 1 is 1.48 bits per heavy atom. The van der Waals surface area contributed by atoms with Crippen molar-refractivity contribution in [1.82, 2.24) is 10.2 Å². The highest BCUT2D eigenvalue weighted by Gasteiger charge is 2.30. The highest BCUT2D eigenvalue weighted by atomic mass is 16.5. The van der Waals surface area contributed by atoms with Crippen molar-refractivity contribution in [3.63, 3.8) is 0 Å². The van der Waals surface area contributed by atoms with Gasteiger partial charge in [-0.3, -0.25) is 0 Å². The molecule has 6 nitrogen and oxygen atoms in total. The first-order valence-corrected chi connectivity index (χ1v) is 8.33. The van der Waals surface area contributed by atoms with Gasteiger partial charge in [0.25, 0.3) is 0 Å². The summed E-state index contributed by atoms with van der Waals surface area (Å²) in [6, 6.07) is 3.37. The van der Waals surface area contributed by atoms with E-state index in [1.807, 2.05) is 6.92 Å². The maximum atomic E-state index is 12.5. The van der Waals surface area contributed by atoms with Crippen molar-refractivity contribution < 1.29 is 19.1 Å². The highest BCUT2D eigenvalue weighted by Crippen LogP contribution is 2.23. The van der Waals surface area contributed by atoms with Crippen LogP contribution in [0.15, 0.2) is 22.8 Å². The summed E-state index contributed by atoms with van der Waals surface area (Å²) in [5, 5.41) is 13.3. The van der Waals surface area contributed by atoms with Crippen molar-refractivity contribution in [2.75, 3.05) is 19.8 Å². The molecule has 0 unspecified atom stereocenters. The summed E-state index contributed by atoms with van der Waals surface area (Å²) >= 11 is 0. The number of carbonyl (C=O) groups excluding carboxylic acids is 1. The molecule has 6 heteroatoms. The molecule has 0 aliphatic carbocycles. The van der Waals surface area contributed by atoms with Gasteiger partial charge in [0.2, 0.25) is 0 Å². The lowest BCUT2D eigenvalue weighted by atomic mass is 10.0. The van der Waals surface area contributed by atoms with Crippen LogP contribution in [0.2, 0.25) is 0 Å². The molecule has 1 fully saturated rings. The van der Waals surface area contributed by atoms with Crippen molar-refractivity contribution in [2.45, 2.75) is 51.8 Å². The molecule has 0 radical (unpaired) electrons. The zero-order chi connectivity index (χ0) is 16.8. The quantitative estimate of drug-likeness (QED) is 0.843. The molecule has 2 heterocycles. The molecule has 0 saturated carbocycles. The molecule has 1 aromatic rings. The summed E-state index contributed by atoms with van der Waals surface area (Å²) < 4.78 is 10.7. The lowest BCUT2D eigenvalue weighted by Gasteiger charge is -2.37. The number of nitrogens with one attached hydrogen (secondary N) is 1. The molecule has 1 aliphatic heterocycles. The van der Waals surface area contributed by atoms with Gasteiger partial charge < -0.3 is 24.5 Å². The molecule has 3 atom stereocenters. The molecule has 23 heavy (non-hydrogen) atoms. The second-order valence-corrected chi connectivity index (χ2v) is 6.67. The van der Waals surface area contributed by atoms with Crippen LogP contribution in [-0.4, -0.2) is 47.9 Å². The first kappa shape index (κ1) is 17.8. The van der Waals surface area contributed by atoms with E-state index in [2.05, 4.69) is 19.2 Å². The predicted octanol–water partition coefficient (Wildman–Crippen LogP) is 2.55. The summed E-state index contributed by atoms with van der Waals surface area (Å²) in [4.78, 5) is 14.3. The van der Waals surface area contributed by atoms with Gasteiger partial charge in [0.05, 0.1) is 25.5 Å². The average Bonchev–Trinajstić information content (AvgIpc) is 3.01. The maximum Gasteiger partial charge on any atom is 0.318 e. The van der Waals surface area contributed by atoms with Gasteiger partial charge in [0.1, 0.15) is 11.9 Å². The number of amides is 2. The fraction of sp³-hybridized carbons (Fsp3) is 0.706. The summed E-state index contributed by atoms with van der Waals surface area (Å²) in [5.41, 5.74) is 0. The minimum Gasteiger partial charge on any atom is -0.467 e. The Balaban J connectivity index is 1.93. The van der Waals surface area contributed by atoms with Gasteiger partial charge in [-0.05, 0) is 31.4 Å². The lowest BCUT2D eigenvalue weighted by molar-refractivity contribution is -0.0101. The third kappa shape index (κ3) is 5.25. The Bertz CT molecular complexity index is 475. The van der Waals surface area contributed by atoms with Crippen LogP contribution in [0, 0.1) is 5.92 Å². The van der Waals surface area contributed by atoms with Crippen LogP contribution < -0.4 is 5.32 Å². The average molecular weight is 324 g/mol. The Hall–Kier alpha value is -1.53. The number of urea groups is 1. The van der Waals surface area contributed by atoms with Crippen molar-refractivity contribution in [3.8, 4) is 0 Å². The topological polar surface area (TPSA) is 74.9 Å². The molecular weight excluding hydrogens is 296 g/mol. The van der Waals surface area contributed by atoms with E-state index >= 15 is 0 Å². The van der Waals surface area contributed by atoms with Gasteiger partial charge >= 0.3 is 6.03 Å². The van der Waals surface area contributed by atoms with Crippen LogP contribution in [0.1, 0.15) is 45.5 Å². The Labute approximate surface area is 137 Å². The van der Waals surface area contributed by atoms with Crippen LogP contribution in [0.3, 0.4) is 0 Å². The van der Waals surface area contributed by atoms with Gasteiger partial charge in [-0.2, -0.15) is 0 Å². The Kier molecular flexibility index (Phi) is 6.47. The van der Waals surface area contributed by atoms with Gasteiger partial charge in [-0.15, -0.1) is 0 Å². The molecule has 1 saturated heterocycles. The zero-order valence-corrected chi connectivity index (χ0v) is 14.2. The Morgan fingerprint density at radius 2 is 2.26 bits per heavy atom. The monoisotopic (exact) mass is 324 g/mol. The molecule has 0 spiro atoms. The van der Waals surface area contributed by atoms with Crippen molar-refractivity contribution >= 4 is 6.03 Å². The lowest BCUT2D eigenvalue weighted by Crippen LogP contribution is -2.54. The van der Waals surface area contributed by atoms with Gasteiger partial charge in [-0.25, -0.2) is 4.79 Å². The molecular formula is C17H28N2O4. The van der Waals surface area contributed by atoms with Crippen LogP contribution in [0.5, 0.6) is 0 Å². The first-order valence-electron chi connectivity index (χ1n) is 8.33. The van der Waals surface area contributed by atoms with Gasteiger partial charge in [-0.1, -0.05) is 13.8 Å². The highest BCUT2D eigenvalue weighted by molar-refractivity contribution is 5.75. The SMILES string of the molecule is CC(C)C[C@H](C)NC(=O)N1CCOC[C@H]1C[C@H](O)c1ccco1. The molecule has 2 amide bonds. The van der Waals surface area contributed by atoms with E-state index < -0.39 is 6.10 Å². The zero-order valence-electron chi connectivity index (χ0n) is 14.2. The number of nitrogens with zero attached hydrogens (tertiary/aromatic N) is 1. The van der Waals surface area contributed by atoms with E-state index in [0.29, 0.717) is 37.9 Å². The third-order valence-electron chi connectivity index (χ3n) is 4.05. The third-order valence-corrected chi connectivity index (χ3v) is 4.05. The largest absolute Gasteiger partial charge is 0.467 e. The van der Waals surface area contributed by atoms with Gasteiger partial charge in [0.15, 0.2) is 0 Å². The number of morpholine rings is 1. The maximum absolute atomic E-state index is 12.5. The number of hydrogen-bond donors (Lipinski definition) is 2. The number of ether oxygens (including phenoxy) is 1. The number of rotatable bonds is 6. The number of carbonyl (C=O) groups is 1. The van der Waals surface area contributed by atoms with E-state index in [-0.39, 0.29) is 18.1 Å². The summed E-state index contributed by atoms with van der Waals surface area (Å²) in [6.07, 6.45) is 2.14. The number of aliphatic hydroxyl groups excluding tert-OH is 1. The minimum atomic E-state index is -0.736. The van der Waals surface area contributed by atoms with E-state index in [1.54, 1.807) is 17.0 Å². The van der Waals surface area contributed by atoms with E-state index in [0.717, 1.165) is 6.42 Å².